The van der Waals surface area contributed by atoms with Crippen molar-refractivity contribution in [2.24, 2.45) is 5.92 Å². The van der Waals surface area contributed by atoms with Gasteiger partial charge in [0.2, 0.25) is 0 Å². The summed E-state index contributed by atoms with van der Waals surface area (Å²) in [7, 11) is 0. The molecule has 0 amide bonds. The van der Waals surface area contributed by atoms with Gasteiger partial charge in [0.15, 0.2) is 0 Å². The molecule has 1 saturated carbocycles. The molecule has 0 bridgehead atoms. The van der Waals surface area contributed by atoms with Crippen molar-refractivity contribution >= 4 is 6.29 Å². The van der Waals surface area contributed by atoms with Gasteiger partial charge in [-0.15, -0.1) is 0 Å². The molecule has 9 nitrogen and oxygen atoms in total. The molecule has 0 aromatic carbocycles. The summed E-state index contributed by atoms with van der Waals surface area (Å²) in [5.41, 5.74) is 0. The van der Waals surface area contributed by atoms with Crippen LogP contribution in [0.5, 0.6) is 0 Å². The molecule has 0 radical (unpaired) electrons. The zero-order valence-corrected chi connectivity index (χ0v) is 12.6. The average Bonchev–Trinajstić information content (AvgIpc) is 2.19. The normalized spacial score (nSPS) is 11.6. The van der Waals surface area contributed by atoms with Gasteiger partial charge in [-0.05, 0) is 12.3 Å². The van der Waals surface area contributed by atoms with Crippen LogP contribution in [0.4, 0.5) is 0 Å². The smallest absolute Gasteiger partial charge is 0.119 e. The van der Waals surface area contributed by atoms with Crippen molar-refractivity contribution in [3.8, 4) is 0 Å². The number of carbonyl (C=O) groups is 1. The highest BCUT2D eigenvalue weighted by Gasteiger charge is 2.12. The Balaban J connectivity index is -0.0000000352. The van der Waals surface area contributed by atoms with E-state index in [0.717, 1.165) is 25.0 Å². The molecule has 0 atom stereocenters. The van der Waals surface area contributed by atoms with Crippen LogP contribution in [0.3, 0.4) is 0 Å². The van der Waals surface area contributed by atoms with Crippen molar-refractivity contribution in [2.75, 3.05) is 0 Å². The van der Waals surface area contributed by atoms with Crippen molar-refractivity contribution in [1.82, 2.24) is 0 Å². The number of unbranched alkanes of at least 4 members (excludes halogenated alkanes) is 3. The van der Waals surface area contributed by atoms with Gasteiger partial charge >= 0.3 is 0 Å². The maximum atomic E-state index is 10.1. The van der Waals surface area contributed by atoms with E-state index in [0.29, 0.717) is 0 Å². The molecule has 21 heavy (non-hydrogen) atoms. The Kier molecular flexibility index (Phi) is 87.0. The minimum atomic E-state index is 0. The van der Waals surface area contributed by atoms with Crippen LogP contribution in [0.1, 0.15) is 64.2 Å². The summed E-state index contributed by atoms with van der Waals surface area (Å²) in [6.07, 6.45) is 14.2. The Morgan fingerprint density at radius 2 is 1.14 bits per heavy atom. The first-order valence-electron chi connectivity index (χ1n) is 5.87. The van der Waals surface area contributed by atoms with E-state index in [4.69, 9.17) is 0 Å². The SMILES string of the molecule is O.O.O.O.O.O.O.O.O=CCCCCCC1CCCCC1. The molecule has 140 valence electrons. The first-order valence-corrected chi connectivity index (χ1v) is 5.87. The lowest BCUT2D eigenvalue weighted by Gasteiger charge is -2.21. The molecule has 0 heterocycles. The van der Waals surface area contributed by atoms with Crippen molar-refractivity contribution < 1.29 is 48.6 Å². The van der Waals surface area contributed by atoms with Gasteiger partial charge in [0, 0.05) is 6.42 Å². The van der Waals surface area contributed by atoms with E-state index >= 15 is 0 Å². The molecule has 0 aromatic rings. The summed E-state index contributed by atoms with van der Waals surface area (Å²) >= 11 is 0. The Bertz CT molecular complexity index is 141. The maximum Gasteiger partial charge on any atom is 0.119 e. The van der Waals surface area contributed by atoms with E-state index in [1.165, 1.54) is 51.4 Å². The number of hydrogen-bond donors (Lipinski definition) is 0. The zero-order valence-electron chi connectivity index (χ0n) is 12.6. The zero-order chi connectivity index (χ0) is 9.36. The minimum absolute atomic E-state index is 0. The number of carbonyl (C=O) groups excluding carboxylic acids is 1. The molecule has 0 unspecified atom stereocenters. The van der Waals surface area contributed by atoms with Gasteiger partial charge in [-0.1, -0.05) is 51.4 Å². The van der Waals surface area contributed by atoms with Gasteiger partial charge < -0.3 is 48.6 Å². The molecule has 1 aliphatic carbocycles. The van der Waals surface area contributed by atoms with E-state index in [1.807, 2.05) is 0 Å². The quantitative estimate of drug-likeness (QED) is 0.360. The van der Waals surface area contributed by atoms with Crippen LogP contribution in [0.25, 0.3) is 0 Å². The molecular weight excluding hydrogens is 288 g/mol. The number of rotatable bonds is 6. The summed E-state index contributed by atoms with van der Waals surface area (Å²) in [5, 5.41) is 0. The molecule has 0 spiro atoms. The molecule has 1 rings (SSSR count). The lowest BCUT2D eigenvalue weighted by atomic mass is 9.85. The van der Waals surface area contributed by atoms with Crippen LogP contribution in [0, 0.1) is 5.92 Å². The molecule has 1 aliphatic rings. The van der Waals surface area contributed by atoms with E-state index in [2.05, 4.69) is 0 Å². The summed E-state index contributed by atoms with van der Waals surface area (Å²) in [6.45, 7) is 0. The molecule has 0 aliphatic heterocycles. The fraction of sp³-hybridized carbons (Fsp3) is 0.917. The van der Waals surface area contributed by atoms with Crippen molar-refractivity contribution in [3.05, 3.63) is 0 Å². The third kappa shape index (κ3) is 28.3. The monoisotopic (exact) mass is 326 g/mol. The van der Waals surface area contributed by atoms with Gasteiger partial charge in [-0.3, -0.25) is 0 Å². The first kappa shape index (κ1) is 50.0. The standard InChI is InChI=1S/C12H22O.8H2O/c13-11-7-2-1-4-8-12-9-5-3-6-10-12;;;;;;;;/h11-12H,1-10H2;8*1H2. The molecule has 9 heteroatoms. The van der Waals surface area contributed by atoms with Crippen molar-refractivity contribution in [2.45, 2.75) is 64.2 Å². The predicted octanol–water partition coefficient (Wildman–Crippen LogP) is -2.88. The van der Waals surface area contributed by atoms with E-state index < -0.39 is 0 Å². The number of aldehydes is 1. The Hall–Kier alpha value is -0.650. The van der Waals surface area contributed by atoms with Crippen LogP contribution in [0.15, 0.2) is 0 Å². The van der Waals surface area contributed by atoms with Gasteiger partial charge in [0.05, 0.1) is 0 Å². The highest BCUT2D eigenvalue weighted by Crippen LogP contribution is 2.27. The molecule has 0 saturated heterocycles. The van der Waals surface area contributed by atoms with Crippen molar-refractivity contribution in [1.29, 1.82) is 0 Å². The fourth-order valence-corrected chi connectivity index (χ4v) is 2.31. The maximum absolute atomic E-state index is 10.1. The number of hydrogen-bond acceptors (Lipinski definition) is 1. The second kappa shape index (κ2) is 36.6. The molecule has 1 fully saturated rings. The average molecular weight is 326 g/mol. The summed E-state index contributed by atoms with van der Waals surface area (Å²) in [6, 6.07) is 0. The molecular formula is C12H38O9. The van der Waals surface area contributed by atoms with Crippen LogP contribution in [-0.4, -0.2) is 50.1 Å². The Morgan fingerprint density at radius 3 is 1.57 bits per heavy atom. The van der Waals surface area contributed by atoms with Gasteiger partial charge in [-0.25, -0.2) is 0 Å². The lowest BCUT2D eigenvalue weighted by molar-refractivity contribution is -0.107. The van der Waals surface area contributed by atoms with Gasteiger partial charge in [-0.2, -0.15) is 0 Å². The summed E-state index contributed by atoms with van der Waals surface area (Å²) < 4.78 is 0. The van der Waals surface area contributed by atoms with Crippen molar-refractivity contribution in [3.63, 3.8) is 0 Å². The predicted molar refractivity (Wildman–Crippen MR) is 84.6 cm³/mol. The third-order valence-corrected chi connectivity index (χ3v) is 3.16. The highest BCUT2D eigenvalue weighted by molar-refractivity contribution is 5.48. The molecule has 0 aromatic heterocycles. The topological polar surface area (TPSA) is 269 Å². The summed E-state index contributed by atoms with van der Waals surface area (Å²) in [5.74, 6) is 1.02. The Labute approximate surface area is 126 Å². The fourth-order valence-electron chi connectivity index (χ4n) is 2.31. The van der Waals surface area contributed by atoms with Crippen LogP contribution < -0.4 is 0 Å². The first-order chi connectivity index (χ1) is 6.43. The van der Waals surface area contributed by atoms with E-state index in [1.54, 1.807) is 0 Å². The largest absolute Gasteiger partial charge is 0.412 e. The van der Waals surface area contributed by atoms with Gasteiger partial charge in [0.1, 0.15) is 6.29 Å². The van der Waals surface area contributed by atoms with Crippen LogP contribution in [-0.2, 0) is 4.79 Å². The van der Waals surface area contributed by atoms with E-state index in [-0.39, 0.29) is 43.8 Å². The Morgan fingerprint density at radius 1 is 0.667 bits per heavy atom. The highest BCUT2D eigenvalue weighted by atomic mass is 16.1. The van der Waals surface area contributed by atoms with Crippen LogP contribution >= 0.6 is 0 Å². The second-order valence-corrected chi connectivity index (χ2v) is 4.31. The van der Waals surface area contributed by atoms with E-state index in [9.17, 15) is 4.79 Å². The molecule has 16 N–H and O–H groups in total. The second-order valence-electron chi connectivity index (χ2n) is 4.31. The van der Waals surface area contributed by atoms with Gasteiger partial charge in [0.25, 0.3) is 0 Å². The minimum Gasteiger partial charge on any atom is -0.412 e. The third-order valence-electron chi connectivity index (χ3n) is 3.16. The van der Waals surface area contributed by atoms with Crippen LogP contribution in [0.2, 0.25) is 0 Å². The lowest BCUT2D eigenvalue weighted by Crippen LogP contribution is -2.05. The summed E-state index contributed by atoms with van der Waals surface area (Å²) in [4.78, 5) is 10.1.